The Hall–Kier alpha value is -2.61. The van der Waals surface area contributed by atoms with Crippen LogP contribution in [0.25, 0.3) is 6.08 Å². The fourth-order valence-corrected chi connectivity index (χ4v) is 3.49. The van der Waals surface area contributed by atoms with E-state index in [1.165, 1.54) is 17.4 Å². The Bertz CT molecular complexity index is 1030. The minimum absolute atomic E-state index is 0.202. The zero-order valence-electron chi connectivity index (χ0n) is 15.6. The van der Waals surface area contributed by atoms with E-state index in [0.717, 1.165) is 10.6 Å². The molecule has 1 aromatic heterocycles. The molecule has 3 aromatic rings. The van der Waals surface area contributed by atoms with E-state index in [9.17, 15) is 4.79 Å². The number of aryl methyl sites for hydroxylation is 1. The van der Waals surface area contributed by atoms with Crippen LogP contribution < -0.4 is 14.8 Å². The second-order valence-corrected chi connectivity index (χ2v) is 7.84. The van der Waals surface area contributed by atoms with Crippen molar-refractivity contribution in [2.45, 2.75) is 13.5 Å². The van der Waals surface area contributed by atoms with Gasteiger partial charge < -0.3 is 9.47 Å². The summed E-state index contributed by atoms with van der Waals surface area (Å²) in [6.45, 7) is 2.02. The van der Waals surface area contributed by atoms with E-state index in [2.05, 4.69) is 15.5 Å². The summed E-state index contributed by atoms with van der Waals surface area (Å²) in [4.78, 5) is 12.0. The van der Waals surface area contributed by atoms with Gasteiger partial charge in [0.05, 0.1) is 7.11 Å². The van der Waals surface area contributed by atoms with Crippen molar-refractivity contribution in [2.75, 3.05) is 12.4 Å². The van der Waals surface area contributed by atoms with E-state index in [-0.39, 0.29) is 12.5 Å². The first-order valence-corrected chi connectivity index (χ1v) is 10.1. The van der Waals surface area contributed by atoms with Crippen molar-refractivity contribution in [1.29, 1.82) is 0 Å². The molecule has 0 aliphatic carbocycles. The van der Waals surface area contributed by atoms with Crippen LogP contribution in [0, 0.1) is 6.92 Å². The standard InChI is InChI=1S/C20H17Cl2N3O3S/c1-12-24-25-20(29-12)23-19(26)9-7-13-6-8-17(18(10-13)27-2)28-11-14-15(21)4-3-5-16(14)22/h3-10H,11H2,1-2H3,(H,23,25,26)/b9-7+. The molecule has 1 amide bonds. The van der Waals surface area contributed by atoms with Crippen molar-refractivity contribution in [3.05, 3.63) is 68.7 Å². The first-order valence-electron chi connectivity index (χ1n) is 8.49. The lowest BCUT2D eigenvalue weighted by molar-refractivity contribution is -0.111. The van der Waals surface area contributed by atoms with Gasteiger partial charge in [-0.15, -0.1) is 10.2 Å². The zero-order valence-corrected chi connectivity index (χ0v) is 17.9. The van der Waals surface area contributed by atoms with Gasteiger partial charge in [0, 0.05) is 21.7 Å². The van der Waals surface area contributed by atoms with Crippen LogP contribution in [0.2, 0.25) is 10.0 Å². The van der Waals surface area contributed by atoms with Gasteiger partial charge in [-0.05, 0) is 42.8 Å². The SMILES string of the molecule is COc1cc(/C=C/C(=O)Nc2nnc(C)s2)ccc1OCc1c(Cl)cccc1Cl. The number of aromatic nitrogens is 2. The monoisotopic (exact) mass is 449 g/mol. The Morgan fingerprint density at radius 3 is 2.59 bits per heavy atom. The van der Waals surface area contributed by atoms with Gasteiger partial charge in [-0.2, -0.15) is 0 Å². The molecule has 0 aliphatic heterocycles. The summed E-state index contributed by atoms with van der Waals surface area (Å²) in [6.07, 6.45) is 3.08. The quantitative estimate of drug-likeness (QED) is 0.489. The van der Waals surface area contributed by atoms with E-state index in [1.54, 1.807) is 43.5 Å². The van der Waals surface area contributed by atoms with Gasteiger partial charge in [0.25, 0.3) is 0 Å². The summed E-state index contributed by atoms with van der Waals surface area (Å²) < 4.78 is 11.2. The molecule has 0 aliphatic rings. The third-order valence-electron chi connectivity index (χ3n) is 3.80. The lowest BCUT2D eigenvalue weighted by Gasteiger charge is -2.13. The summed E-state index contributed by atoms with van der Waals surface area (Å²) in [5, 5.41) is 12.7. The van der Waals surface area contributed by atoms with Gasteiger partial charge in [0.1, 0.15) is 11.6 Å². The molecule has 0 saturated heterocycles. The highest BCUT2D eigenvalue weighted by Gasteiger charge is 2.10. The molecule has 2 aromatic carbocycles. The molecule has 150 valence electrons. The molecule has 0 atom stereocenters. The van der Waals surface area contributed by atoms with Gasteiger partial charge in [-0.25, -0.2) is 0 Å². The lowest BCUT2D eigenvalue weighted by atomic mass is 10.2. The molecule has 1 N–H and O–H groups in total. The molecule has 6 nitrogen and oxygen atoms in total. The van der Waals surface area contributed by atoms with Gasteiger partial charge >= 0.3 is 0 Å². The molecule has 0 bridgehead atoms. The second kappa shape index (κ2) is 9.73. The Kier molecular flexibility index (Phi) is 7.09. The van der Waals surface area contributed by atoms with Crippen LogP contribution in [-0.4, -0.2) is 23.2 Å². The Balaban J connectivity index is 1.67. The number of carbonyl (C=O) groups is 1. The maximum Gasteiger partial charge on any atom is 0.250 e. The van der Waals surface area contributed by atoms with E-state index in [0.29, 0.717) is 32.2 Å². The van der Waals surface area contributed by atoms with E-state index >= 15 is 0 Å². The average molecular weight is 450 g/mol. The number of rotatable bonds is 7. The molecule has 0 spiro atoms. The van der Waals surface area contributed by atoms with Gasteiger partial charge in [0.2, 0.25) is 11.0 Å². The smallest absolute Gasteiger partial charge is 0.250 e. The molecule has 1 heterocycles. The van der Waals surface area contributed by atoms with Crippen LogP contribution in [0.3, 0.4) is 0 Å². The summed E-state index contributed by atoms with van der Waals surface area (Å²) in [5.74, 6) is 0.763. The van der Waals surface area contributed by atoms with E-state index in [1.807, 2.05) is 13.0 Å². The van der Waals surface area contributed by atoms with Crippen molar-refractivity contribution >= 4 is 51.7 Å². The fourth-order valence-electron chi connectivity index (χ4n) is 2.39. The highest BCUT2D eigenvalue weighted by Crippen LogP contribution is 2.31. The molecule has 0 fully saturated rings. The average Bonchev–Trinajstić information content (AvgIpc) is 3.11. The maximum absolute atomic E-state index is 12.0. The predicted octanol–water partition coefficient (Wildman–Crippen LogP) is 5.39. The molecule has 9 heteroatoms. The molecule has 0 unspecified atom stereocenters. The van der Waals surface area contributed by atoms with Crippen LogP contribution in [0.5, 0.6) is 11.5 Å². The third-order valence-corrected chi connectivity index (χ3v) is 5.27. The number of amides is 1. The minimum atomic E-state index is -0.297. The van der Waals surface area contributed by atoms with Crippen molar-refractivity contribution in [3.8, 4) is 11.5 Å². The van der Waals surface area contributed by atoms with Crippen LogP contribution in [0.1, 0.15) is 16.1 Å². The number of nitrogens with zero attached hydrogens (tertiary/aromatic N) is 2. The number of ether oxygens (including phenoxy) is 2. The van der Waals surface area contributed by atoms with Gasteiger partial charge in [-0.1, -0.05) is 46.7 Å². The molecular weight excluding hydrogens is 433 g/mol. The van der Waals surface area contributed by atoms with Crippen LogP contribution in [0.15, 0.2) is 42.5 Å². The summed E-state index contributed by atoms with van der Waals surface area (Å²) in [5.41, 5.74) is 1.47. The van der Waals surface area contributed by atoms with Crippen molar-refractivity contribution in [2.24, 2.45) is 0 Å². The Morgan fingerprint density at radius 1 is 1.17 bits per heavy atom. The van der Waals surface area contributed by atoms with Gasteiger partial charge in [0.15, 0.2) is 11.5 Å². The zero-order chi connectivity index (χ0) is 20.8. The number of benzene rings is 2. The molecule has 0 saturated carbocycles. The van der Waals surface area contributed by atoms with Crippen LogP contribution in [-0.2, 0) is 11.4 Å². The number of halogens is 2. The van der Waals surface area contributed by atoms with Crippen molar-refractivity contribution in [3.63, 3.8) is 0 Å². The van der Waals surface area contributed by atoms with Gasteiger partial charge in [-0.3, -0.25) is 10.1 Å². The first kappa shape index (κ1) is 21.1. The largest absolute Gasteiger partial charge is 0.493 e. The minimum Gasteiger partial charge on any atom is -0.493 e. The highest BCUT2D eigenvalue weighted by atomic mass is 35.5. The molecule has 3 rings (SSSR count). The highest BCUT2D eigenvalue weighted by molar-refractivity contribution is 7.15. The fraction of sp³-hybridized carbons (Fsp3) is 0.150. The second-order valence-electron chi connectivity index (χ2n) is 5.85. The van der Waals surface area contributed by atoms with E-state index < -0.39 is 0 Å². The number of methoxy groups -OCH3 is 1. The summed E-state index contributed by atoms with van der Waals surface area (Å²) in [6, 6.07) is 10.6. The first-order chi connectivity index (χ1) is 14.0. The molecule has 29 heavy (non-hydrogen) atoms. The lowest BCUT2D eigenvalue weighted by Crippen LogP contribution is -2.07. The molecule has 0 radical (unpaired) electrons. The molecular formula is C20H17Cl2N3O3S. The van der Waals surface area contributed by atoms with E-state index in [4.69, 9.17) is 32.7 Å². The Labute approximate surface area is 182 Å². The summed E-state index contributed by atoms with van der Waals surface area (Å²) in [7, 11) is 1.54. The number of carbonyl (C=O) groups excluding carboxylic acids is 1. The normalized spacial score (nSPS) is 10.9. The predicted molar refractivity (Wildman–Crippen MR) is 116 cm³/mol. The number of hydrogen-bond donors (Lipinski definition) is 1. The van der Waals surface area contributed by atoms with Crippen molar-refractivity contribution in [1.82, 2.24) is 10.2 Å². The Morgan fingerprint density at radius 2 is 1.93 bits per heavy atom. The van der Waals surface area contributed by atoms with Crippen LogP contribution >= 0.6 is 34.5 Å². The topological polar surface area (TPSA) is 73.3 Å². The number of hydrogen-bond acceptors (Lipinski definition) is 6. The third kappa shape index (κ3) is 5.69. The van der Waals surface area contributed by atoms with Crippen molar-refractivity contribution < 1.29 is 14.3 Å². The maximum atomic E-state index is 12.0. The van der Waals surface area contributed by atoms with Crippen LogP contribution in [0.4, 0.5) is 5.13 Å². The number of nitrogens with one attached hydrogen (secondary N) is 1. The summed E-state index contributed by atoms with van der Waals surface area (Å²) >= 11 is 13.7. The number of anilines is 1.